The molecule has 0 aliphatic heterocycles. The second-order valence-corrected chi connectivity index (χ2v) is 5.01. The van der Waals surface area contributed by atoms with Gasteiger partial charge in [0.05, 0.1) is 17.3 Å². The molecular weight excluding hydrogens is 260 g/mol. The summed E-state index contributed by atoms with van der Waals surface area (Å²) in [5, 5.41) is 0.847. The number of hydrogen-bond donors (Lipinski definition) is 0. The Balaban J connectivity index is 2.11. The average Bonchev–Trinajstić information content (AvgIpc) is 2.90. The molecule has 0 atom stereocenters. The standard InChI is InChI=1S/C14H10N2O2S/c1-18-11-2-3-13-12(5-11)16-14(19-13)10-4-9(8-17)6-15-7-10/h2-8H,1H3. The molecule has 0 amide bonds. The van der Waals surface area contributed by atoms with Gasteiger partial charge < -0.3 is 4.74 Å². The van der Waals surface area contributed by atoms with Gasteiger partial charge in [-0.2, -0.15) is 0 Å². The minimum atomic E-state index is 0.550. The third kappa shape index (κ3) is 2.20. The monoisotopic (exact) mass is 270 g/mol. The lowest BCUT2D eigenvalue weighted by atomic mass is 10.2. The third-order valence-corrected chi connectivity index (χ3v) is 3.82. The lowest BCUT2D eigenvalue weighted by Crippen LogP contribution is -1.84. The van der Waals surface area contributed by atoms with Crippen LogP contribution in [0.3, 0.4) is 0 Å². The van der Waals surface area contributed by atoms with Crippen molar-refractivity contribution in [2.24, 2.45) is 0 Å². The van der Waals surface area contributed by atoms with E-state index < -0.39 is 0 Å². The van der Waals surface area contributed by atoms with Crippen molar-refractivity contribution < 1.29 is 9.53 Å². The minimum absolute atomic E-state index is 0.550. The zero-order chi connectivity index (χ0) is 13.2. The van der Waals surface area contributed by atoms with Crippen molar-refractivity contribution in [2.45, 2.75) is 0 Å². The van der Waals surface area contributed by atoms with Crippen LogP contribution in [0.25, 0.3) is 20.8 Å². The van der Waals surface area contributed by atoms with Gasteiger partial charge in [0.25, 0.3) is 0 Å². The number of carbonyl (C=O) groups excluding carboxylic acids is 1. The molecule has 1 aromatic carbocycles. The van der Waals surface area contributed by atoms with Gasteiger partial charge in [0.2, 0.25) is 0 Å². The van der Waals surface area contributed by atoms with Crippen LogP contribution in [0.2, 0.25) is 0 Å². The third-order valence-electron chi connectivity index (χ3n) is 2.74. The Kier molecular flexibility index (Phi) is 2.97. The Morgan fingerprint density at radius 2 is 2.16 bits per heavy atom. The highest BCUT2D eigenvalue weighted by Gasteiger charge is 2.08. The maximum Gasteiger partial charge on any atom is 0.151 e. The Bertz CT molecular complexity index is 752. The van der Waals surface area contributed by atoms with E-state index in [1.54, 1.807) is 30.7 Å². The van der Waals surface area contributed by atoms with Gasteiger partial charge in [-0.25, -0.2) is 4.98 Å². The molecule has 0 N–H and O–H groups in total. The molecule has 0 aliphatic carbocycles. The van der Waals surface area contributed by atoms with E-state index >= 15 is 0 Å². The molecule has 4 nitrogen and oxygen atoms in total. The molecule has 94 valence electrons. The second kappa shape index (κ2) is 4.78. The first-order valence-electron chi connectivity index (χ1n) is 5.65. The Hall–Kier alpha value is -2.27. The summed E-state index contributed by atoms with van der Waals surface area (Å²) in [6, 6.07) is 7.57. The molecule has 0 bridgehead atoms. The zero-order valence-electron chi connectivity index (χ0n) is 10.2. The van der Waals surface area contributed by atoms with Crippen LogP contribution in [0.4, 0.5) is 0 Å². The van der Waals surface area contributed by atoms with Gasteiger partial charge in [-0.3, -0.25) is 9.78 Å². The molecule has 2 heterocycles. The fraction of sp³-hybridized carbons (Fsp3) is 0.0714. The number of carbonyl (C=O) groups is 1. The maximum atomic E-state index is 10.8. The van der Waals surface area contributed by atoms with Crippen molar-refractivity contribution in [1.29, 1.82) is 0 Å². The van der Waals surface area contributed by atoms with Gasteiger partial charge in [-0.05, 0) is 18.2 Å². The number of rotatable bonds is 3. The molecule has 0 fully saturated rings. The first-order valence-corrected chi connectivity index (χ1v) is 6.47. The number of aromatic nitrogens is 2. The maximum absolute atomic E-state index is 10.8. The van der Waals surface area contributed by atoms with Crippen LogP contribution in [0, 0.1) is 0 Å². The Morgan fingerprint density at radius 1 is 1.26 bits per heavy atom. The quantitative estimate of drug-likeness (QED) is 0.686. The van der Waals surface area contributed by atoms with Crippen molar-refractivity contribution in [3.63, 3.8) is 0 Å². The van der Waals surface area contributed by atoms with Crippen LogP contribution in [-0.2, 0) is 0 Å². The summed E-state index contributed by atoms with van der Waals surface area (Å²) < 4.78 is 6.26. The number of benzene rings is 1. The molecule has 0 saturated heterocycles. The number of hydrogen-bond acceptors (Lipinski definition) is 5. The molecule has 0 unspecified atom stereocenters. The summed E-state index contributed by atoms with van der Waals surface area (Å²) in [6.45, 7) is 0. The summed E-state index contributed by atoms with van der Waals surface area (Å²) >= 11 is 1.57. The highest BCUT2D eigenvalue weighted by Crippen LogP contribution is 2.31. The summed E-state index contributed by atoms with van der Waals surface area (Å²) in [7, 11) is 1.63. The van der Waals surface area contributed by atoms with Crippen molar-refractivity contribution in [2.75, 3.05) is 7.11 Å². The van der Waals surface area contributed by atoms with E-state index in [9.17, 15) is 4.79 Å². The van der Waals surface area contributed by atoms with Gasteiger partial charge in [0.1, 0.15) is 10.8 Å². The van der Waals surface area contributed by atoms with Gasteiger partial charge in [0, 0.05) is 29.6 Å². The fourth-order valence-electron chi connectivity index (χ4n) is 1.80. The predicted molar refractivity (Wildman–Crippen MR) is 74.8 cm³/mol. The SMILES string of the molecule is COc1ccc2sc(-c3cncc(C=O)c3)nc2c1. The smallest absolute Gasteiger partial charge is 0.151 e. The molecular formula is C14H10N2O2S. The number of ether oxygens (including phenoxy) is 1. The van der Waals surface area contributed by atoms with Gasteiger partial charge >= 0.3 is 0 Å². The summed E-state index contributed by atoms with van der Waals surface area (Å²) in [5.74, 6) is 0.782. The van der Waals surface area contributed by atoms with Crippen molar-refractivity contribution in [3.05, 3.63) is 42.2 Å². The average molecular weight is 270 g/mol. The topological polar surface area (TPSA) is 52.1 Å². The predicted octanol–water partition coefficient (Wildman–Crippen LogP) is 3.18. The number of thiazole rings is 1. The summed E-state index contributed by atoms with van der Waals surface area (Å²) in [4.78, 5) is 19.4. The van der Waals surface area contributed by atoms with Gasteiger partial charge in [-0.1, -0.05) is 0 Å². The molecule has 19 heavy (non-hydrogen) atoms. The molecule has 3 aromatic rings. The van der Waals surface area contributed by atoms with E-state index in [4.69, 9.17) is 4.74 Å². The van der Waals surface area contributed by atoms with E-state index in [1.165, 1.54) is 6.20 Å². The Labute approximate surface area is 113 Å². The largest absolute Gasteiger partial charge is 0.497 e. The molecule has 2 aromatic heterocycles. The molecule has 0 saturated carbocycles. The number of fused-ring (bicyclic) bond motifs is 1. The number of aldehydes is 1. The minimum Gasteiger partial charge on any atom is -0.497 e. The first kappa shape index (κ1) is 11.8. The van der Waals surface area contributed by atoms with E-state index in [2.05, 4.69) is 9.97 Å². The molecule has 5 heteroatoms. The highest BCUT2D eigenvalue weighted by molar-refractivity contribution is 7.21. The normalized spacial score (nSPS) is 10.6. The van der Waals surface area contributed by atoms with Crippen LogP contribution >= 0.6 is 11.3 Å². The summed E-state index contributed by atoms with van der Waals surface area (Å²) in [5.41, 5.74) is 2.29. The van der Waals surface area contributed by atoms with Crippen molar-refractivity contribution in [1.82, 2.24) is 9.97 Å². The van der Waals surface area contributed by atoms with E-state index in [0.717, 1.165) is 32.8 Å². The fourth-order valence-corrected chi connectivity index (χ4v) is 2.72. The number of methoxy groups -OCH3 is 1. The first-order chi connectivity index (χ1) is 9.30. The van der Waals surface area contributed by atoms with Crippen LogP contribution in [-0.4, -0.2) is 23.4 Å². The van der Waals surface area contributed by atoms with E-state index in [-0.39, 0.29) is 0 Å². The van der Waals surface area contributed by atoms with Crippen molar-refractivity contribution in [3.8, 4) is 16.3 Å². The second-order valence-electron chi connectivity index (χ2n) is 3.98. The number of nitrogens with zero attached hydrogens (tertiary/aromatic N) is 2. The van der Waals surface area contributed by atoms with Crippen LogP contribution in [0.15, 0.2) is 36.7 Å². The van der Waals surface area contributed by atoms with Crippen LogP contribution in [0.1, 0.15) is 10.4 Å². The Morgan fingerprint density at radius 3 is 2.95 bits per heavy atom. The lowest BCUT2D eigenvalue weighted by molar-refractivity contribution is 0.112. The highest BCUT2D eigenvalue weighted by atomic mass is 32.1. The van der Waals surface area contributed by atoms with E-state index in [1.807, 2.05) is 18.2 Å². The van der Waals surface area contributed by atoms with Crippen LogP contribution < -0.4 is 4.74 Å². The van der Waals surface area contributed by atoms with Crippen LogP contribution in [0.5, 0.6) is 5.75 Å². The van der Waals surface area contributed by atoms with E-state index in [0.29, 0.717) is 5.56 Å². The molecule has 0 radical (unpaired) electrons. The van der Waals surface area contributed by atoms with Gasteiger partial charge in [0.15, 0.2) is 6.29 Å². The summed E-state index contributed by atoms with van der Waals surface area (Å²) in [6.07, 6.45) is 4.03. The molecule has 0 spiro atoms. The molecule has 0 aliphatic rings. The van der Waals surface area contributed by atoms with Gasteiger partial charge in [-0.15, -0.1) is 11.3 Å². The molecule has 3 rings (SSSR count). The zero-order valence-corrected chi connectivity index (χ0v) is 11.0. The van der Waals surface area contributed by atoms with Crippen molar-refractivity contribution >= 4 is 27.8 Å². The lowest BCUT2D eigenvalue weighted by Gasteiger charge is -1.96. The number of pyridine rings is 1.